The summed E-state index contributed by atoms with van der Waals surface area (Å²) in [4.78, 5) is 12.6. The van der Waals surface area contributed by atoms with Crippen LogP contribution in [0.25, 0.3) is 0 Å². The first-order chi connectivity index (χ1) is 14.4. The van der Waals surface area contributed by atoms with Crippen molar-refractivity contribution < 1.29 is 13.6 Å². The standard InChI is InChI=1S/C16H22N4O.C6H4F2S/c17-10-7-12-14(20-15(21)16(12)4-2-5-16)13(8-10)19-11-3-1-6-18-9-11;7-4-1-2-6(9)5(8)3-4/h7-8,11,18-19H,1-6,9,17H2,(H,20,21);1-3,9H. The molecule has 0 radical (unpaired) electrons. The number of nitrogens with two attached hydrogens (primary N) is 1. The van der Waals surface area contributed by atoms with E-state index in [2.05, 4.69) is 28.6 Å². The zero-order chi connectivity index (χ0) is 21.3. The van der Waals surface area contributed by atoms with Crippen LogP contribution in [0.15, 0.2) is 35.2 Å². The molecular formula is C22H26F2N4OS. The number of hydrogen-bond donors (Lipinski definition) is 5. The molecule has 2 aliphatic heterocycles. The molecular weight excluding hydrogens is 406 g/mol. The molecule has 160 valence electrons. The number of rotatable bonds is 2. The number of nitrogens with one attached hydrogen (secondary N) is 3. The predicted octanol–water partition coefficient (Wildman–Crippen LogP) is 4.06. The minimum Gasteiger partial charge on any atom is -0.399 e. The Labute approximate surface area is 180 Å². The number of nitrogen functional groups attached to an aromatic ring is 1. The lowest BCUT2D eigenvalue weighted by molar-refractivity contribution is -0.123. The maximum Gasteiger partial charge on any atom is 0.235 e. The van der Waals surface area contributed by atoms with Crippen LogP contribution in [-0.4, -0.2) is 25.0 Å². The van der Waals surface area contributed by atoms with Gasteiger partial charge in [-0.1, -0.05) is 6.42 Å². The average Bonchev–Trinajstić information content (AvgIpc) is 2.98. The van der Waals surface area contributed by atoms with Crippen molar-refractivity contribution in [2.75, 3.05) is 29.5 Å². The molecule has 2 aromatic carbocycles. The zero-order valence-corrected chi connectivity index (χ0v) is 17.5. The first-order valence-electron chi connectivity index (χ1n) is 10.3. The third-order valence-corrected chi connectivity index (χ3v) is 6.49. The molecule has 1 atom stereocenters. The SMILES string of the molecule is Fc1ccc(S)c(F)c1.Nc1cc(NC2CCCNC2)c2c(c1)C1(CCC1)C(=O)N2. The minimum atomic E-state index is -0.627. The van der Waals surface area contributed by atoms with Gasteiger partial charge in [0.15, 0.2) is 0 Å². The molecule has 1 spiro atoms. The summed E-state index contributed by atoms with van der Waals surface area (Å²) in [5.41, 5.74) is 9.57. The molecule has 1 saturated heterocycles. The lowest BCUT2D eigenvalue weighted by atomic mass is 9.65. The van der Waals surface area contributed by atoms with Gasteiger partial charge in [0.05, 0.1) is 16.8 Å². The van der Waals surface area contributed by atoms with E-state index in [-0.39, 0.29) is 16.2 Å². The summed E-state index contributed by atoms with van der Waals surface area (Å²) in [5.74, 6) is -1.05. The normalized spacial score (nSPS) is 21.2. The summed E-state index contributed by atoms with van der Waals surface area (Å²) in [5, 5.41) is 10.1. The van der Waals surface area contributed by atoms with Crippen LogP contribution < -0.4 is 21.7 Å². The lowest BCUT2D eigenvalue weighted by Gasteiger charge is -2.36. The molecule has 1 unspecified atom stereocenters. The molecule has 5 N–H and O–H groups in total. The highest BCUT2D eigenvalue weighted by Crippen LogP contribution is 2.53. The van der Waals surface area contributed by atoms with Crippen molar-refractivity contribution in [3.05, 3.63) is 47.5 Å². The van der Waals surface area contributed by atoms with Gasteiger partial charge in [-0.3, -0.25) is 4.79 Å². The summed E-state index contributed by atoms with van der Waals surface area (Å²) in [6, 6.07) is 7.56. The number of halogens is 2. The molecule has 0 aromatic heterocycles. The average molecular weight is 433 g/mol. The van der Waals surface area contributed by atoms with Crippen molar-refractivity contribution in [1.82, 2.24) is 5.32 Å². The second kappa shape index (κ2) is 8.43. The highest BCUT2D eigenvalue weighted by Gasteiger charge is 2.51. The largest absolute Gasteiger partial charge is 0.399 e. The molecule has 5 nitrogen and oxygen atoms in total. The smallest absolute Gasteiger partial charge is 0.235 e. The monoisotopic (exact) mass is 432 g/mol. The Morgan fingerprint density at radius 2 is 1.97 bits per heavy atom. The van der Waals surface area contributed by atoms with E-state index in [1.54, 1.807) is 0 Å². The van der Waals surface area contributed by atoms with Crippen LogP contribution in [0.2, 0.25) is 0 Å². The van der Waals surface area contributed by atoms with E-state index in [1.807, 2.05) is 12.1 Å². The van der Waals surface area contributed by atoms with Crippen molar-refractivity contribution in [3.8, 4) is 0 Å². The van der Waals surface area contributed by atoms with Crippen LogP contribution in [0.1, 0.15) is 37.7 Å². The predicted molar refractivity (Wildman–Crippen MR) is 118 cm³/mol. The van der Waals surface area contributed by atoms with Gasteiger partial charge in [0.2, 0.25) is 5.91 Å². The van der Waals surface area contributed by atoms with Gasteiger partial charge in [-0.05, 0) is 62.1 Å². The Bertz CT molecular complexity index is 958. The number of carbonyl (C=O) groups excluding carboxylic acids is 1. The second-order valence-electron chi connectivity index (χ2n) is 8.16. The molecule has 1 saturated carbocycles. The summed E-state index contributed by atoms with van der Waals surface area (Å²) in [6.45, 7) is 2.05. The van der Waals surface area contributed by atoms with Crippen LogP contribution >= 0.6 is 12.6 Å². The molecule has 1 amide bonds. The quantitative estimate of drug-likeness (QED) is 0.366. The summed E-state index contributed by atoms with van der Waals surface area (Å²) in [7, 11) is 0. The molecule has 3 aliphatic rings. The molecule has 2 fully saturated rings. The van der Waals surface area contributed by atoms with Gasteiger partial charge in [-0.25, -0.2) is 8.78 Å². The van der Waals surface area contributed by atoms with E-state index in [9.17, 15) is 13.6 Å². The van der Waals surface area contributed by atoms with Gasteiger partial charge in [0.25, 0.3) is 0 Å². The van der Waals surface area contributed by atoms with Crippen molar-refractivity contribution in [2.45, 2.75) is 48.5 Å². The minimum absolute atomic E-state index is 0.152. The highest BCUT2D eigenvalue weighted by molar-refractivity contribution is 7.80. The van der Waals surface area contributed by atoms with Crippen molar-refractivity contribution in [1.29, 1.82) is 0 Å². The second-order valence-corrected chi connectivity index (χ2v) is 8.65. The lowest BCUT2D eigenvalue weighted by Crippen LogP contribution is -2.40. The fourth-order valence-corrected chi connectivity index (χ4v) is 4.49. The molecule has 2 aromatic rings. The molecule has 2 heterocycles. The van der Waals surface area contributed by atoms with E-state index in [1.165, 1.54) is 12.5 Å². The number of fused-ring (bicyclic) bond motifs is 2. The topological polar surface area (TPSA) is 79.2 Å². The number of hydrogen-bond acceptors (Lipinski definition) is 5. The van der Waals surface area contributed by atoms with Crippen molar-refractivity contribution >= 4 is 35.6 Å². The maximum absolute atomic E-state index is 12.4. The zero-order valence-electron chi connectivity index (χ0n) is 16.6. The Balaban J connectivity index is 0.000000204. The first kappa shape index (κ1) is 20.9. The molecule has 5 rings (SSSR count). The third-order valence-electron chi connectivity index (χ3n) is 6.12. The van der Waals surface area contributed by atoms with Crippen LogP contribution in [0, 0.1) is 11.6 Å². The summed E-state index contributed by atoms with van der Waals surface area (Å²) in [6.07, 6.45) is 5.34. The van der Waals surface area contributed by atoms with Gasteiger partial charge in [0, 0.05) is 29.2 Å². The fourth-order valence-electron chi connectivity index (χ4n) is 4.35. The van der Waals surface area contributed by atoms with Crippen LogP contribution in [0.4, 0.5) is 25.8 Å². The van der Waals surface area contributed by atoms with Crippen LogP contribution in [0.5, 0.6) is 0 Å². The van der Waals surface area contributed by atoms with Gasteiger partial charge in [0.1, 0.15) is 11.6 Å². The van der Waals surface area contributed by atoms with Crippen molar-refractivity contribution in [3.63, 3.8) is 0 Å². The van der Waals surface area contributed by atoms with Crippen molar-refractivity contribution in [2.24, 2.45) is 0 Å². The highest BCUT2D eigenvalue weighted by atomic mass is 32.1. The molecule has 30 heavy (non-hydrogen) atoms. The Morgan fingerprint density at radius 1 is 1.17 bits per heavy atom. The van der Waals surface area contributed by atoms with E-state index in [0.717, 1.165) is 73.5 Å². The van der Waals surface area contributed by atoms with Crippen LogP contribution in [0.3, 0.4) is 0 Å². The van der Waals surface area contributed by atoms with E-state index in [4.69, 9.17) is 5.73 Å². The Kier molecular flexibility index (Phi) is 5.88. The number of benzene rings is 2. The summed E-state index contributed by atoms with van der Waals surface area (Å²) >= 11 is 3.70. The van der Waals surface area contributed by atoms with E-state index < -0.39 is 11.6 Å². The third kappa shape index (κ3) is 3.98. The first-order valence-corrected chi connectivity index (χ1v) is 10.7. The number of piperidine rings is 1. The Hall–Kier alpha value is -2.32. The maximum atomic E-state index is 12.4. The Morgan fingerprint density at radius 3 is 2.57 bits per heavy atom. The van der Waals surface area contributed by atoms with E-state index >= 15 is 0 Å². The number of amides is 1. The fraction of sp³-hybridized carbons (Fsp3) is 0.409. The van der Waals surface area contributed by atoms with Gasteiger partial charge >= 0.3 is 0 Å². The van der Waals surface area contributed by atoms with E-state index in [0.29, 0.717) is 6.04 Å². The molecule has 8 heteroatoms. The molecule has 0 bridgehead atoms. The van der Waals surface area contributed by atoms with Gasteiger partial charge < -0.3 is 21.7 Å². The van der Waals surface area contributed by atoms with Gasteiger partial charge in [-0.2, -0.15) is 0 Å². The summed E-state index contributed by atoms with van der Waals surface area (Å²) < 4.78 is 24.3. The number of thiol groups is 1. The molecule has 1 aliphatic carbocycles. The van der Waals surface area contributed by atoms with Gasteiger partial charge in [-0.15, -0.1) is 12.6 Å². The number of anilines is 3. The van der Waals surface area contributed by atoms with Crippen LogP contribution in [-0.2, 0) is 10.2 Å². The number of carbonyl (C=O) groups is 1.